The van der Waals surface area contributed by atoms with Gasteiger partial charge in [-0.15, -0.1) is 0 Å². The van der Waals surface area contributed by atoms with E-state index in [4.69, 9.17) is 0 Å². The number of aliphatic carboxylic acids is 1. The topological polar surface area (TPSA) is 55.1 Å². The van der Waals surface area contributed by atoms with Gasteiger partial charge in [0.1, 0.15) is 5.82 Å². The van der Waals surface area contributed by atoms with Crippen LogP contribution in [0.5, 0.6) is 0 Å². The van der Waals surface area contributed by atoms with Crippen LogP contribution < -0.4 is 0 Å². The Bertz CT molecular complexity index is 1040. The maximum atomic E-state index is 13.4. The maximum absolute atomic E-state index is 13.4. The second kappa shape index (κ2) is 8.19. The van der Waals surface area contributed by atoms with E-state index >= 15 is 0 Å². The molecule has 0 aliphatic carbocycles. The van der Waals surface area contributed by atoms with E-state index in [1.54, 1.807) is 23.9 Å². The molecule has 4 nitrogen and oxygen atoms in total. The fourth-order valence-corrected chi connectivity index (χ4v) is 5.51. The van der Waals surface area contributed by atoms with Crippen molar-refractivity contribution in [2.45, 2.75) is 61.8 Å². The van der Waals surface area contributed by atoms with Crippen LogP contribution in [0.25, 0.3) is 10.9 Å². The molecule has 1 unspecified atom stereocenters. The standard InChI is InChI=1S/C23H25FN2O2S/c1-14(2)12-18-21-19(9-10-25-18)26-11-3-4-15(13-20(27)28)22(26)23(21)29-17-7-5-16(24)6-8-17/h5-10,14-15H,3-4,11-13H2,1-2H3,(H,27,28). The molecule has 0 saturated carbocycles. The Labute approximate surface area is 174 Å². The average molecular weight is 413 g/mol. The lowest BCUT2D eigenvalue weighted by molar-refractivity contribution is -0.137. The zero-order valence-corrected chi connectivity index (χ0v) is 17.5. The minimum absolute atomic E-state index is 0.0245. The minimum atomic E-state index is -0.771. The third-order valence-electron chi connectivity index (χ3n) is 5.43. The Morgan fingerprint density at radius 1 is 1.31 bits per heavy atom. The summed E-state index contributed by atoms with van der Waals surface area (Å²) in [6, 6.07) is 8.54. The van der Waals surface area contributed by atoms with E-state index in [9.17, 15) is 14.3 Å². The predicted molar refractivity (Wildman–Crippen MR) is 113 cm³/mol. The van der Waals surface area contributed by atoms with E-state index in [-0.39, 0.29) is 18.2 Å². The maximum Gasteiger partial charge on any atom is 0.304 e. The number of aryl methyl sites for hydroxylation is 1. The highest BCUT2D eigenvalue weighted by atomic mass is 32.2. The molecule has 3 heterocycles. The summed E-state index contributed by atoms with van der Waals surface area (Å²) in [6.45, 7) is 5.24. The Morgan fingerprint density at radius 2 is 2.07 bits per heavy atom. The molecule has 1 aliphatic heterocycles. The molecule has 0 fully saturated rings. The smallest absolute Gasteiger partial charge is 0.304 e. The van der Waals surface area contributed by atoms with Crippen LogP contribution in [0, 0.1) is 11.7 Å². The highest BCUT2D eigenvalue weighted by Crippen LogP contribution is 2.46. The van der Waals surface area contributed by atoms with Crippen LogP contribution in [-0.2, 0) is 17.8 Å². The summed E-state index contributed by atoms with van der Waals surface area (Å²) < 4.78 is 15.7. The molecule has 2 aromatic heterocycles. The number of halogens is 1. The van der Waals surface area contributed by atoms with Crippen molar-refractivity contribution >= 4 is 28.6 Å². The van der Waals surface area contributed by atoms with E-state index in [1.807, 2.05) is 12.3 Å². The monoisotopic (exact) mass is 412 g/mol. The van der Waals surface area contributed by atoms with Gasteiger partial charge in [0.05, 0.1) is 17.6 Å². The van der Waals surface area contributed by atoms with Gasteiger partial charge in [-0.25, -0.2) is 4.39 Å². The molecule has 1 atom stereocenters. The molecular formula is C23H25FN2O2S. The molecule has 0 bridgehead atoms. The first-order valence-corrected chi connectivity index (χ1v) is 10.9. The van der Waals surface area contributed by atoms with Gasteiger partial charge in [0.25, 0.3) is 0 Å². The largest absolute Gasteiger partial charge is 0.481 e. The van der Waals surface area contributed by atoms with Crippen molar-refractivity contribution in [3.05, 3.63) is 53.7 Å². The van der Waals surface area contributed by atoms with Crippen LogP contribution >= 0.6 is 11.8 Å². The van der Waals surface area contributed by atoms with E-state index in [0.29, 0.717) is 5.92 Å². The molecule has 4 rings (SSSR count). The number of aromatic nitrogens is 2. The first kappa shape index (κ1) is 20.0. The van der Waals surface area contributed by atoms with Crippen molar-refractivity contribution in [1.82, 2.24) is 9.55 Å². The zero-order chi connectivity index (χ0) is 20.5. The van der Waals surface area contributed by atoms with Gasteiger partial charge in [0, 0.05) is 39.5 Å². The first-order chi connectivity index (χ1) is 13.9. The number of carboxylic acid groups (broad SMARTS) is 1. The third-order valence-corrected chi connectivity index (χ3v) is 6.55. The van der Waals surface area contributed by atoms with Gasteiger partial charge in [-0.3, -0.25) is 9.78 Å². The molecule has 152 valence electrons. The van der Waals surface area contributed by atoms with Gasteiger partial charge in [0.2, 0.25) is 0 Å². The van der Waals surface area contributed by atoms with Crippen molar-refractivity contribution in [2.24, 2.45) is 5.92 Å². The number of pyridine rings is 1. The summed E-state index contributed by atoms with van der Waals surface area (Å²) in [6.07, 6.45) is 4.69. The van der Waals surface area contributed by atoms with Crippen LogP contribution in [0.2, 0.25) is 0 Å². The summed E-state index contributed by atoms with van der Waals surface area (Å²) in [4.78, 5) is 18.3. The molecule has 0 saturated heterocycles. The summed E-state index contributed by atoms with van der Waals surface area (Å²) in [5, 5.41) is 10.6. The molecule has 29 heavy (non-hydrogen) atoms. The SMILES string of the molecule is CC(C)Cc1nccc2c1c(Sc1ccc(F)cc1)c1n2CCCC1CC(=O)O. The van der Waals surface area contributed by atoms with E-state index < -0.39 is 5.97 Å². The third kappa shape index (κ3) is 4.04. The minimum Gasteiger partial charge on any atom is -0.481 e. The average Bonchev–Trinajstić information content (AvgIpc) is 2.99. The Morgan fingerprint density at radius 3 is 2.76 bits per heavy atom. The molecule has 0 spiro atoms. The van der Waals surface area contributed by atoms with E-state index in [1.165, 1.54) is 12.1 Å². The van der Waals surface area contributed by atoms with Crippen LogP contribution in [0.15, 0.2) is 46.3 Å². The molecular weight excluding hydrogens is 387 g/mol. The molecule has 0 radical (unpaired) electrons. The van der Waals surface area contributed by atoms with Crippen molar-refractivity contribution in [3.8, 4) is 0 Å². The van der Waals surface area contributed by atoms with Crippen molar-refractivity contribution in [3.63, 3.8) is 0 Å². The van der Waals surface area contributed by atoms with Crippen molar-refractivity contribution in [2.75, 3.05) is 0 Å². The zero-order valence-electron chi connectivity index (χ0n) is 16.7. The van der Waals surface area contributed by atoms with Gasteiger partial charge in [0.15, 0.2) is 0 Å². The Kier molecular flexibility index (Phi) is 5.63. The van der Waals surface area contributed by atoms with Gasteiger partial charge in [-0.2, -0.15) is 0 Å². The molecule has 0 amide bonds. The molecule has 1 N–H and O–H groups in total. The van der Waals surface area contributed by atoms with Gasteiger partial charge < -0.3 is 9.67 Å². The van der Waals surface area contributed by atoms with Crippen LogP contribution in [0.1, 0.15) is 50.4 Å². The number of carbonyl (C=O) groups is 1. The van der Waals surface area contributed by atoms with Crippen LogP contribution in [-0.4, -0.2) is 20.6 Å². The van der Waals surface area contributed by atoms with Crippen molar-refractivity contribution < 1.29 is 14.3 Å². The van der Waals surface area contributed by atoms with Gasteiger partial charge in [-0.1, -0.05) is 25.6 Å². The second-order valence-corrected chi connectivity index (χ2v) is 9.19. The quantitative estimate of drug-likeness (QED) is 0.549. The molecule has 1 aromatic carbocycles. The summed E-state index contributed by atoms with van der Waals surface area (Å²) >= 11 is 1.60. The summed E-state index contributed by atoms with van der Waals surface area (Å²) in [5.74, 6) is -0.594. The van der Waals surface area contributed by atoms with Crippen LogP contribution in [0.4, 0.5) is 4.39 Å². The number of hydrogen-bond acceptors (Lipinski definition) is 3. The first-order valence-electron chi connectivity index (χ1n) is 10.1. The fourth-order valence-electron chi connectivity index (χ4n) is 4.30. The lowest BCUT2D eigenvalue weighted by atomic mass is 9.92. The number of rotatable bonds is 6. The number of carboxylic acids is 1. The number of benzene rings is 1. The molecule has 1 aliphatic rings. The van der Waals surface area contributed by atoms with E-state index in [2.05, 4.69) is 23.4 Å². The summed E-state index contributed by atoms with van der Waals surface area (Å²) in [5.41, 5.74) is 3.28. The number of fused-ring (bicyclic) bond motifs is 3. The number of nitrogens with zero attached hydrogens (tertiary/aromatic N) is 2. The Hall–Kier alpha value is -2.34. The summed E-state index contributed by atoms with van der Waals surface area (Å²) in [7, 11) is 0. The highest BCUT2D eigenvalue weighted by molar-refractivity contribution is 7.99. The Balaban J connectivity index is 1.93. The predicted octanol–water partition coefficient (Wildman–Crippen LogP) is 5.88. The number of hydrogen-bond donors (Lipinski definition) is 1. The lowest BCUT2D eigenvalue weighted by Gasteiger charge is -2.25. The van der Waals surface area contributed by atoms with Gasteiger partial charge >= 0.3 is 5.97 Å². The highest BCUT2D eigenvalue weighted by Gasteiger charge is 2.30. The van der Waals surface area contributed by atoms with E-state index in [0.717, 1.165) is 57.9 Å². The molecule has 6 heteroatoms. The second-order valence-electron chi connectivity index (χ2n) is 8.11. The fraction of sp³-hybridized carbons (Fsp3) is 0.391. The van der Waals surface area contributed by atoms with Crippen molar-refractivity contribution in [1.29, 1.82) is 0 Å². The van der Waals surface area contributed by atoms with Gasteiger partial charge in [-0.05, 0) is 55.5 Å². The lowest BCUT2D eigenvalue weighted by Crippen LogP contribution is -2.18. The normalized spacial score (nSPS) is 16.3. The van der Waals surface area contributed by atoms with Crippen LogP contribution in [0.3, 0.4) is 0 Å². The molecule has 3 aromatic rings.